The molecule has 0 amide bonds. The van der Waals surface area contributed by atoms with E-state index in [2.05, 4.69) is 75.7 Å². The lowest BCUT2D eigenvalue weighted by atomic mass is 10.1. The Morgan fingerprint density at radius 2 is 1.28 bits per heavy atom. The molecule has 96 valence electrons. The molecule has 2 rings (SSSR count). The first-order valence-electron chi connectivity index (χ1n) is 6.74. The van der Waals surface area contributed by atoms with Gasteiger partial charge in [0.25, 0.3) is 0 Å². The third kappa shape index (κ3) is 2.45. The van der Waals surface area contributed by atoms with E-state index in [1.807, 2.05) is 0 Å². The molecule has 0 fully saturated rings. The third-order valence-corrected chi connectivity index (χ3v) is 7.81. The summed E-state index contributed by atoms with van der Waals surface area (Å²) in [5.41, 5.74) is 0. The zero-order valence-electron chi connectivity index (χ0n) is 12.5. The first-order valence-corrected chi connectivity index (χ1v) is 13.7. The molecule has 0 spiro atoms. The summed E-state index contributed by atoms with van der Waals surface area (Å²) in [5.74, 6) is 0. The van der Waals surface area contributed by atoms with Crippen LogP contribution in [0.15, 0.2) is 36.4 Å². The summed E-state index contributed by atoms with van der Waals surface area (Å²) >= 11 is 0. The van der Waals surface area contributed by atoms with Crippen molar-refractivity contribution in [3.05, 3.63) is 36.4 Å². The lowest BCUT2D eigenvalue weighted by Crippen LogP contribution is -2.56. The number of benzene rings is 2. The van der Waals surface area contributed by atoms with E-state index in [0.29, 0.717) is 0 Å². The molecule has 0 nitrogen and oxygen atoms in total. The van der Waals surface area contributed by atoms with Crippen LogP contribution in [-0.2, 0) is 0 Å². The van der Waals surface area contributed by atoms with Gasteiger partial charge in [0.2, 0.25) is 0 Å². The van der Waals surface area contributed by atoms with Crippen LogP contribution >= 0.6 is 0 Å². The molecular weight excluding hydrogens is 248 g/mol. The second kappa shape index (κ2) is 4.35. The molecule has 0 aliphatic carbocycles. The second-order valence-corrected chi connectivity index (χ2v) is 17.2. The van der Waals surface area contributed by atoms with Crippen LogP contribution in [-0.4, -0.2) is 16.1 Å². The first kappa shape index (κ1) is 13.6. The van der Waals surface area contributed by atoms with Crippen molar-refractivity contribution in [3.8, 4) is 0 Å². The molecule has 0 aliphatic heterocycles. The third-order valence-electron chi connectivity index (χ3n) is 3.49. The van der Waals surface area contributed by atoms with Crippen LogP contribution in [0.25, 0.3) is 10.8 Å². The van der Waals surface area contributed by atoms with Gasteiger partial charge in [-0.3, -0.25) is 0 Å². The van der Waals surface area contributed by atoms with Crippen LogP contribution in [0, 0.1) is 0 Å². The maximum atomic E-state index is 2.47. The van der Waals surface area contributed by atoms with Gasteiger partial charge in [-0.15, -0.1) is 0 Å². The highest BCUT2D eigenvalue weighted by atomic mass is 28.3. The van der Waals surface area contributed by atoms with Crippen LogP contribution in [0.5, 0.6) is 0 Å². The molecule has 0 unspecified atom stereocenters. The Hall–Kier alpha value is -0.866. The fraction of sp³-hybridized carbons (Fsp3) is 0.375. The summed E-state index contributed by atoms with van der Waals surface area (Å²) in [4.78, 5) is 0. The molecule has 0 radical (unpaired) electrons. The van der Waals surface area contributed by atoms with Crippen molar-refractivity contribution < 1.29 is 0 Å². The first-order chi connectivity index (χ1) is 8.21. The van der Waals surface area contributed by atoms with Gasteiger partial charge in [0.05, 0.1) is 16.1 Å². The minimum absolute atomic E-state index is 1.27. The Kier molecular flexibility index (Phi) is 3.28. The van der Waals surface area contributed by atoms with E-state index in [1.54, 1.807) is 10.4 Å². The fourth-order valence-corrected chi connectivity index (χ4v) is 8.35. The van der Waals surface area contributed by atoms with Gasteiger partial charge < -0.3 is 0 Å². The van der Waals surface area contributed by atoms with Gasteiger partial charge in [-0.05, 0) is 10.8 Å². The zero-order chi connectivity index (χ0) is 13.6. The number of rotatable bonds is 2. The molecule has 2 heteroatoms. The second-order valence-electron chi connectivity index (χ2n) is 7.21. The van der Waals surface area contributed by atoms with E-state index in [-0.39, 0.29) is 0 Å². The maximum Gasteiger partial charge on any atom is 0.0782 e. The minimum atomic E-state index is -1.32. The van der Waals surface area contributed by atoms with Crippen LogP contribution in [0.3, 0.4) is 0 Å². The number of hydrogen-bond acceptors (Lipinski definition) is 0. The normalized spacial score (nSPS) is 13.0. The summed E-state index contributed by atoms with van der Waals surface area (Å²) in [7, 11) is -2.59. The molecular formula is C16H24Si2. The highest BCUT2D eigenvalue weighted by molar-refractivity contribution is 6.99. The molecule has 0 aromatic heterocycles. The summed E-state index contributed by atoms with van der Waals surface area (Å²) in [6.07, 6.45) is 0. The molecule has 0 heterocycles. The largest absolute Gasteiger partial charge is 0.0782 e. The molecule has 0 N–H and O–H groups in total. The zero-order valence-corrected chi connectivity index (χ0v) is 14.5. The standard InChI is InChI=1S/C16H24Si2/c1-17(2,3)15-12-11-13-9-7-8-10-14(13)16(15)18(4,5)6/h7-12H,1-6H3. The van der Waals surface area contributed by atoms with Crippen molar-refractivity contribution in [1.82, 2.24) is 0 Å². The molecule has 18 heavy (non-hydrogen) atoms. The highest BCUT2D eigenvalue weighted by Crippen LogP contribution is 2.17. The molecule has 0 saturated heterocycles. The fourth-order valence-electron chi connectivity index (χ4n) is 2.70. The molecule has 0 saturated carbocycles. The van der Waals surface area contributed by atoms with E-state index >= 15 is 0 Å². The van der Waals surface area contributed by atoms with Gasteiger partial charge in [0.15, 0.2) is 0 Å². The van der Waals surface area contributed by atoms with Gasteiger partial charge in [-0.2, -0.15) is 0 Å². The maximum absolute atomic E-state index is 2.47. The molecule has 2 aromatic rings. The van der Waals surface area contributed by atoms with Crippen molar-refractivity contribution in [2.45, 2.75) is 39.3 Å². The number of hydrogen-bond donors (Lipinski definition) is 0. The minimum Gasteiger partial charge on any atom is -0.0656 e. The molecule has 0 atom stereocenters. The summed E-state index contributed by atoms with van der Waals surface area (Å²) < 4.78 is 0. The van der Waals surface area contributed by atoms with Gasteiger partial charge in [0.1, 0.15) is 0 Å². The Labute approximate surface area is 113 Å². The molecule has 0 aliphatic rings. The van der Waals surface area contributed by atoms with Crippen LogP contribution < -0.4 is 10.4 Å². The van der Waals surface area contributed by atoms with Crippen molar-refractivity contribution in [3.63, 3.8) is 0 Å². The van der Waals surface area contributed by atoms with E-state index in [4.69, 9.17) is 0 Å². The van der Waals surface area contributed by atoms with Gasteiger partial charge in [-0.25, -0.2) is 0 Å². The Morgan fingerprint density at radius 1 is 0.667 bits per heavy atom. The number of fused-ring (bicyclic) bond motifs is 1. The highest BCUT2D eigenvalue weighted by Gasteiger charge is 2.28. The van der Waals surface area contributed by atoms with Crippen LogP contribution in [0.1, 0.15) is 0 Å². The summed E-state index contributed by atoms with van der Waals surface area (Å²) in [5, 5.41) is 6.26. The van der Waals surface area contributed by atoms with E-state index in [0.717, 1.165) is 0 Å². The van der Waals surface area contributed by atoms with Gasteiger partial charge in [0, 0.05) is 0 Å². The van der Waals surface area contributed by atoms with Crippen molar-refractivity contribution >= 4 is 37.3 Å². The predicted molar refractivity (Wildman–Crippen MR) is 89.9 cm³/mol. The van der Waals surface area contributed by atoms with Crippen LogP contribution in [0.2, 0.25) is 39.3 Å². The Bertz CT molecular complexity index is 572. The van der Waals surface area contributed by atoms with Gasteiger partial charge >= 0.3 is 0 Å². The van der Waals surface area contributed by atoms with Crippen molar-refractivity contribution in [2.75, 3.05) is 0 Å². The Balaban J connectivity index is 2.89. The van der Waals surface area contributed by atoms with E-state index in [1.165, 1.54) is 10.8 Å². The van der Waals surface area contributed by atoms with Crippen molar-refractivity contribution in [1.29, 1.82) is 0 Å². The lowest BCUT2D eigenvalue weighted by molar-refractivity contribution is 1.69. The summed E-state index contributed by atoms with van der Waals surface area (Å²) in [6, 6.07) is 13.6. The lowest BCUT2D eigenvalue weighted by Gasteiger charge is -2.29. The Morgan fingerprint density at radius 3 is 1.83 bits per heavy atom. The monoisotopic (exact) mass is 272 g/mol. The summed E-state index contributed by atoms with van der Waals surface area (Å²) in [6.45, 7) is 14.8. The predicted octanol–water partition coefficient (Wildman–Crippen LogP) is 3.93. The quantitative estimate of drug-likeness (QED) is 0.727. The van der Waals surface area contributed by atoms with E-state index < -0.39 is 16.1 Å². The van der Waals surface area contributed by atoms with Gasteiger partial charge in [-0.1, -0.05) is 86.1 Å². The van der Waals surface area contributed by atoms with Crippen molar-refractivity contribution in [2.24, 2.45) is 0 Å². The van der Waals surface area contributed by atoms with E-state index in [9.17, 15) is 0 Å². The average molecular weight is 273 g/mol. The topological polar surface area (TPSA) is 0 Å². The smallest absolute Gasteiger partial charge is 0.0656 e. The molecule has 0 bridgehead atoms. The molecule has 2 aromatic carbocycles. The average Bonchev–Trinajstić information content (AvgIpc) is 2.24. The SMILES string of the molecule is C[Si](C)(C)c1ccc2ccccc2c1[Si](C)(C)C. The van der Waals surface area contributed by atoms with Crippen LogP contribution in [0.4, 0.5) is 0 Å².